The van der Waals surface area contributed by atoms with Crippen LogP contribution in [-0.4, -0.2) is 10.8 Å². The van der Waals surface area contributed by atoms with E-state index in [0.717, 1.165) is 11.3 Å². The molecule has 0 aliphatic carbocycles. The highest BCUT2D eigenvalue weighted by atomic mass is 16.3. The Hall–Kier alpha value is -2.09. The van der Waals surface area contributed by atoms with Crippen molar-refractivity contribution in [2.75, 3.05) is 0 Å². The lowest BCUT2D eigenvalue weighted by molar-refractivity contribution is 0.475. The Morgan fingerprint density at radius 1 is 1.00 bits per heavy atom. The Morgan fingerprint density at radius 3 is 2.22 bits per heavy atom. The summed E-state index contributed by atoms with van der Waals surface area (Å²) >= 11 is 0. The predicted octanol–water partition coefficient (Wildman–Crippen LogP) is 3.96. The minimum absolute atomic E-state index is 0.139. The molecule has 1 atom stereocenters. The van der Waals surface area contributed by atoms with E-state index in [9.17, 15) is 5.11 Å². The van der Waals surface area contributed by atoms with Gasteiger partial charge in [0.25, 0.3) is 0 Å². The van der Waals surface area contributed by atoms with Crippen molar-refractivity contribution in [2.24, 2.45) is 4.99 Å². The van der Waals surface area contributed by atoms with Crippen LogP contribution in [0.3, 0.4) is 0 Å². The zero-order valence-electron chi connectivity index (χ0n) is 10.7. The minimum atomic E-state index is 0.139. The van der Waals surface area contributed by atoms with Crippen LogP contribution >= 0.6 is 0 Å². The molecule has 2 aromatic rings. The average molecular weight is 239 g/mol. The van der Waals surface area contributed by atoms with Crippen molar-refractivity contribution in [1.82, 2.24) is 0 Å². The molecular formula is C16H17NO. The molecule has 0 saturated heterocycles. The quantitative estimate of drug-likeness (QED) is 0.808. The lowest BCUT2D eigenvalue weighted by atomic mass is 10.1. The van der Waals surface area contributed by atoms with Crippen molar-refractivity contribution in [1.29, 1.82) is 0 Å². The maximum atomic E-state index is 9.26. The first-order valence-electron chi connectivity index (χ1n) is 6.05. The SMILES string of the molecule is CC(=NC(C)c1ccccc1)c1ccc(O)cc1. The van der Waals surface area contributed by atoms with E-state index in [0.29, 0.717) is 0 Å². The topological polar surface area (TPSA) is 32.6 Å². The van der Waals surface area contributed by atoms with E-state index in [2.05, 4.69) is 24.0 Å². The first-order chi connectivity index (χ1) is 8.66. The van der Waals surface area contributed by atoms with Crippen LogP contribution in [0, 0.1) is 0 Å². The van der Waals surface area contributed by atoms with Gasteiger partial charge in [-0.25, -0.2) is 0 Å². The van der Waals surface area contributed by atoms with Crippen LogP contribution in [0.2, 0.25) is 0 Å². The summed E-state index contributed by atoms with van der Waals surface area (Å²) in [7, 11) is 0. The minimum Gasteiger partial charge on any atom is -0.508 e. The second-order valence-corrected chi connectivity index (χ2v) is 4.35. The molecule has 0 heterocycles. The number of phenolic OH excluding ortho intramolecular Hbond substituents is 1. The van der Waals surface area contributed by atoms with Crippen LogP contribution in [0.15, 0.2) is 59.6 Å². The fourth-order valence-corrected chi connectivity index (χ4v) is 1.87. The summed E-state index contributed by atoms with van der Waals surface area (Å²) in [5.74, 6) is 0.280. The summed E-state index contributed by atoms with van der Waals surface area (Å²) in [5, 5.41) is 9.26. The van der Waals surface area contributed by atoms with Crippen molar-refractivity contribution in [3.05, 3.63) is 65.7 Å². The summed E-state index contributed by atoms with van der Waals surface area (Å²) in [6.07, 6.45) is 0. The summed E-state index contributed by atoms with van der Waals surface area (Å²) in [6.45, 7) is 4.07. The van der Waals surface area contributed by atoms with E-state index in [1.54, 1.807) is 12.1 Å². The maximum Gasteiger partial charge on any atom is 0.115 e. The molecular weight excluding hydrogens is 222 g/mol. The standard InChI is InChI=1S/C16H17NO/c1-12(14-6-4-3-5-7-14)17-13(2)15-8-10-16(18)11-9-15/h3-12,18H,1-2H3. The van der Waals surface area contributed by atoms with Crippen LogP contribution in [0.25, 0.3) is 0 Å². The Bertz CT molecular complexity index is 529. The van der Waals surface area contributed by atoms with Crippen molar-refractivity contribution in [3.8, 4) is 5.75 Å². The van der Waals surface area contributed by atoms with Crippen molar-refractivity contribution < 1.29 is 5.11 Å². The summed E-state index contributed by atoms with van der Waals surface area (Å²) in [5.41, 5.74) is 3.22. The van der Waals surface area contributed by atoms with E-state index in [1.165, 1.54) is 5.56 Å². The normalized spacial score (nSPS) is 13.3. The van der Waals surface area contributed by atoms with E-state index in [1.807, 2.05) is 37.3 Å². The van der Waals surface area contributed by atoms with Crippen molar-refractivity contribution in [3.63, 3.8) is 0 Å². The van der Waals surface area contributed by atoms with Crippen LogP contribution in [0.1, 0.15) is 31.0 Å². The van der Waals surface area contributed by atoms with E-state index >= 15 is 0 Å². The molecule has 0 bridgehead atoms. The van der Waals surface area contributed by atoms with Gasteiger partial charge in [-0.05, 0) is 49.2 Å². The molecule has 2 heteroatoms. The molecule has 92 valence electrons. The van der Waals surface area contributed by atoms with Gasteiger partial charge in [0.1, 0.15) is 5.75 Å². The molecule has 0 aliphatic heterocycles. The molecule has 0 spiro atoms. The molecule has 18 heavy (non-hydrogen) atoms. The van der Waals surface area contributed by atoms with Gasteiger partial charge < -0.3 is 5.11 Å². The lowest BCUT2D eigenvalue weighted by Gasteiger charge is -2.09. The van der Waals surface area contributed by atoms with E-state index in [4.69, 9.17) is 0 Å². The molecule has 0 amide bonds. The highest BCUT2D eigenvalue weighted by Crippen LogP contribution is 2.18. The van der Waals surface area contributed by atoms with E-state index < -0.39 is 0 Å². The number of aliphatic imine (C=N–C) groups is 1. The molecule has 0 fully saturated rings. The first kappa shape index (κ1) is 12.4. The van der Waals surface area contributed by atoms with E-state index in [-0.39, 0.29) is 11.8 Å². The first-order valence-corrected chi connectivity index (χ1v) is 6.05. The lowest BCUT2D eigenvalue weighted by Crippen LogP contribution is -1.98. The van der Waals surface area contributed by atoms with Crippen LogP contribution in [-0.2, 0) is 0 Å². The fraction of sp³-hybridized carbons (Fsp3) is 0.188. The molecule has 0 saturated carbocycles. The number of nitrogens with zero attached hydrogens (tertiary/aromatic N) is 1. The Labute approximate surface area is 108 Å². The molecule has 2 aromatic carbocycles. The van der Waals surface area contributed by atoms with Gasteiger partial charge in [-0.2, -0.15) is 0 Å². The zero-order valence-corrected chi connectivity index (χ0v) is 10.7. The van der Waals surface area contributed by atoms with Gasteiger partial charge >= 0.3 is 0 Å². The highest BCUT2D eigenvalue weighted by molar-refractivity contribution is 5.98. The van der Waals surface area contributed by atoms with Crippen molar-refractivity contribution in [2.45, 2.75) is 19.9 Å². The third-order valence-corrected chi connectivity index (χ3v) is 2.95. The largest absolute Gasteiger partial charge is 0.508 e. The number of benzene rings is 2. The van der Waals surface area contributed by atoms with Crippen LogP contribution < -0.4 is 0 Å². The third kappa shape index (κ3) is 2.98. The molecule has 2 nitrogen and oxygen atoms in total. The summed E-state index contributed by atoms with van der Waals surface area (Å²) < 4.78 is 0. The summed E-state index contributed by atoms with van der Waals surface area (Å²) in [4.78, 5) is 4.68. The molecule has 0 aliphatic rings. The molecule has 1 N–H and O–H groups in total. The molecule has 0 aromatic heterocycles. The number of phenols is 1. The van der Waals surface area contributed by atoms with Gasteiger partial charge in [-0.3, -0.25) is 4.99 Å². The van der Waals surface area contributed by atoms with Gasteiger partial charge in [0.15, 0.2) is 0 Å². The number of hydrogen-bond acceptors (Lipinski definition) is 2. The van der Waals surface area contributed by atoms with Crippen LogP contribution in [0.4, 0.5) is 0 Å². The van der Waals surface area contributed by atoms with Crippen LogP contribution in [0.5, 0.6) is 5.75 Å². The maximum absolute atomic E-state index is 9.26. The number of rotatable bonds is 3. The number of hydrogen-bond donors (Lipinski definition) is 1. The Morgan fingerprint density at radius 2 is 1.61 bits per heavy atom. The van der Waals surface area contributed by atoms with Gasteiger partial charge in [-0.15, -0.1) is 0 Å². The van der Waals surface area contributed by atoms with Gasteiger partial charge in [0.05, 0.1) is 6.04 Å². The Kier molecular flexibility index (Phi) is 3.78. The zero-order chi connectivity index (χ0) is 13.0. The molecule has 2 rings (SSSR count). The predicted molar refractivity (Wildman–Crippen MR) is 75.2 cm³/mol. The van der Waals surface area contributed by atoms with Crippen molar-refractivity contribution >= 4 is 5.71 Å². The highest BCUT2D eigenvalue weighted by Gasteiger charge is 2.04. The fourth-order valence-electron chi connectivity index (χ4n) is 1.87. The third-order valence-electron chi connectivity index (χ3n) is 2.95. The van der Waals surface area contributed by atoms with Gasteiger partial charge in [0, 0.05) is 5.71 Å². The smallest absolute Gasteiger partial charge is 0.115 e. The second kappa shape index (κ2) is 5.50. The van der Waals surface area contributed by atoms with Gasteiger partial charge in [-0.1, -0.05) is 30.3 Å². The van der Waals surface area contributed by atoms with Gasteiger partial charge in [0.2, 0.25) is 0 Å². The monoisotopic (exact) mass is 239 g/mol. The molecule has 1 unspecified atom stereocenters. The molecule has 0 radical (unpaired) electrons. The summed E-state index contributed by atoms with van der Waals surface area (Å²) in [6, 6.07) is 17.5. The Balaban J connectivity index is 2.20. The average Bonchev–Trinajstić information content (AvgIpc) is 2.40. The number of aromatic hydroxyl groups is 1. The second-order valence-electron chi connectivity index (χ2n) is 4.35.